The van der Waals surface area contributed by atoms with Gasteiger partial charge in [-0.15, -0.1) is 5.92 Å². The summed E-state index contributed by atoms with van der Waals surface area (Å²) in [5.41, 5.74) is 3.34. The molecule has 0 aliphatic heterocycles. The van der Waals surface area contributed by atoms with Gasteiger partial charge in [-0.2, -0.15) is 0 Å². The molecule has 3 heteroatoms. The summed E-state index contributed by atoms with van der Waals surface area (Å²) in [6.45, 7) is 2.12. The Labute approximate surface area is 161 Å². The Kier molecular flexibility index (Phi) is 6.48. The second-order valence-corrected chi connectivity index (χ2v) is 8.09. The van der Waals surface area contributed by atoms with Gasteiger partial charge in [-0.05, 0) is 23.6 Å². The molecule has 3 aromatic carbocycles. The summed E-state index contributed by atoms with van der Waals surface area (Å²) in [4.78, 5) is 0. The Morgan fingerprint density at radius 3 is 1.50 bits per heavy atom. The monoisotopic (exact) mass is 378 g/mol. The highest BCUT2D eigenvalue weighted by Gasteiger charge is 2.44. The highest BCUT2D eigenvalue weighted by atomic mass is 35.7. The number of halogens is 1. The average Bonchev–Trinajstić information content (AvgIpc) is 2.71. The van der Waals surface area contributed by atoms with Crippen LogP contribution < -0.4 is 0 Å². The molecule has 0 aliphatic rings. The van der Waals surface area contributed by atoms with Crippen molar-refractivity contribution in [1.82, 2.24) is 0 Å². The molecule has 1 unspecified atom stereocenters. The quantitative estimate of drug-likeness (QED) is 0.268. The zero-order chi connectivity index (χ0) is 18.2. The van der Waals surface area contributed by atoms with Gasteiger partial charge in [0.15, 0.2) is 0 Å². The fourth-order valence-corrected chi connectivity index (χ4v) is 5.55. The summed E-state index contributed by atoms with van der Waals surface area (Å²) in [5, 5.41) is -0.573. The summed E-state index contributed by atoms with van der Waals surface area (Å²) in [5.74, 6) is 5.84. The second kappa shape index (κ2) is 9.02. The topological polar surface area (TPSA) is 9.23 Å². The minimum atomic E-state index is -1.40. The van der Waals surface area contributed by atoms with E-state index in [1.54, 1.807) is 6.92 Å². The smallest absolute Gasteiger partial charge is 0.145 e. The van der Waals surface area contributed by atoms with Crippen LogP contribution in [0.15, 0.2) is 91.0 Å². The summed E-state index contributed by atoms with van der Waals surface area (Å²) in [6, 6.07) is 31.0. The maximum Gasteiger partial charge on any atom is 0.145 e. The molecule has 0 spiro atoms. The molecule has 26 heavy (non-hydrogen) atoms. The fourth-order valence-electron chi connectivity index (χ4n) is 3.10. The van der Waals surface area contributed by atoms with Crippen LogP contribution in [0.5, 0.6) is 0 Å². The van der Waals surface area contributed by atoms with E-state index in [4.69, 9.17) is 15.8 Å². The van der Waals surface area contributed by atoms with Crippen LogP contribution in [0.2, 0.25) is 0 Å². The van der Waals surface area contributed by atoms with Crippen molar-refractivity contribution in [2.24, 2.45) is 0 Å². The van der Waals surface area contributed by atoms with E-state index < -0.39 is 12.7 Å². The lowest BCUT2D eigenvalue weighted by Crippen LogP contribution is -2.27. The van der Waals surface area contributed by atoms with Gasteiger partial charge in [-0.1, -0.05) is 108 Å². The first-order chi connectivity index (χ1) is 12.8. The summed E-state index contributed by atoms with van der Waals surface area (Å²) in [6.07, 6.45) is 0. The SMILES string of the molecule is CC#CCOP(Cl)C(c1ccccc1)(c1ccccc1)c1ccccc1. The highest BCUT2D eigenvalue weighted by Crippen LogP contribution is 2.66. The number of hydrogen-bond donors (Lipinski definition) is 0. The van der Waals surface area contributed by atoms with Crippen molar-refractivity contribution in [3.8, 4) is 11.8 Å². The van der Waals surface area contributed by atoms with Crippen molar-refractivity contribution in [2.75, 3.05) is 6.61 Å². The van der Waals surface area contributed by atoms with Gasteiger partial charge < -0.3 is 4.52 Å². The van der Waals surface area contributed by atoms with Gasteiger partial charge in [0.2, 0.25) is 0 Å². The van der Waals surface area contributed by atoms with Gasteiger partial charge in [-0.3, -0.25) is 0 Å². The third-order valence-corrected chi connectivity index (χ3v) is 6.98. The molecule has 0 aliphatic carbocycles. The summed E-state index contributed by atoms with van der Waals surface area (Å²) >= 11 is 7.02. The first-order valence-electron chi connectivity index (χ1n) is 8.45. The Morgan fingerprint density at radius 1 is 0.769 bits per heavy atom. The van der Waals surface area contributed by atoms with E-state index in [9.17, 15) is 0 Å². The Balaban J connectivity index is 2.25. The molecule has 3 aromatic rings. The predicted octanol–water partition coefficient (Wildman–Crippen LogP) is 6.57. The van der Waals surface area contributed by atoms with Crippen LogP contribution in [0.1, 0.15) is 23.6 Å². The molecule has 0 saturated heterocycles. The molecule has 130 valence electrons. The van der Waals surface area contributed by atoms with Gasteiger partial charge in [0.1, 0.15) is 19.3 Å². The summed E-state index contributed by atoms with van der Waals surface area (Å²) < 4.78 is 6.07. The maximum absolute atomic E-state index is 7.02. The van der Waals surface area contributed by atoms with Gasteiger partial charge in [0, 0.05) is 0 Å². The van der Waals surface area contributed by atoms with Crippen LogP contribution >= 0.6 is 18.7 Å². The van der Waals surface area contributed by atoms with E-state index >= 15 is 0 Å². The molecule has 3 rings (SSSR count). The van der Waals surface area contributed by atoms with Crippen molar-refractivity contribution in [3.05, 3.63) is 108 Å². The molecular weight excluding hydrogens is 359 g/mol. The van der Waals surface area contributed by atoms with Crippen LogP contribution in [-0.4, -0.2) is 6.61 Å². The Morgan fingerprint density at radius 2 is 1.15 bits per heavy atom. The molecule has 0 bridgehead atoms. The Hall–Kier alpha value is -2.10. The van der Waals surface area contributed by atoms with Gasteiger partial charge >= 0.3 is 0 Å². The summed E-state index contributed by atoms with van der Waals surface area (Å²) in [7, 11) is -1.40. The average molecular weight is 379 g/mol. The van der Waals surface area contributed by atoms with Crippen LogP contribution in [0.4, 0.5) is 0 Å². The van der Waals surface area contributed by atoms with E-state index in [-0.39, 0.29) is 0 Å². The van der Waals surface area contributed by atoms with Gasteiger partial charge in [-0.25, -0.2) is 0 Å². The second-order valence-electron chi connectivity index (χ2n) is 5.75. The first-order valence-corrected chi connectivity index (χ1v) is 10.6. The van der Waals surface area contributed by atoms with Gasteiger partial charge in [0.05, 0.1) is 0 Å². The zero-order valence-corrected chi connectivity index (χ0v) is 16.3. The molecule has 0 heterocycles. The molecule has 0 aromatic heterocycles. The van der Waals surface area contributed by atoms with Crippen LogP contribution in [0.3, 0.4) is 0 Å². The van der Waals surface area contributed by atoms with E-state index in [0.717, 1.165) is 16.7 Å². The van der Waals surface area contributed by atoms with Crippen molar-refractivity contribution >= 4 is 18.7 Å². The number of rotatable bonds is 6. The van der Waals surface area contributed by atoms with E-state index in [2.05, 4.69) is 48.2 Å². The van der Waals surface area contributed by atoms with Crippen molar-refractivity contribution in [1.29, 1.82) is 0 Å². The van der Waals surface area contributed by atoms with E-state index in [1.165, 1.54) is 0 Å². The third kappa shape index (κ3) is 3.69. The predicted molar refractivity (Wildman–Crippen MR) is 111 cm³/mol. The molecule has 0 amide bonds. The van der Waals surface area contributed by atoms with Crippen LogP contribution in [-0.2, 0) is 9.68 Å². The lowest BCUT2D eigenvalue weighted by molar-refractivity contribution is 0.410. The standard InChI is InChI=1S/C23H20ClOP/c1-2-3-19-25-26(24)23(20-13-7-4-8-14-20,21-15-9-5-10-16-21)22-17-11-6-12-18-22/h4-18H,19H2,1H3. The third-order valence-electron chi connectivity index (χ3n) is 4.27. The largest absolute Gasteiger partial charge is 0.329 e. The molecule has 0 saturated carbocycles. The molecular formula is C23H20ClOP. The fraction of sp³-hybridized carbons (Fsp3) is 0.130. The first kappa shape index (κ1) is 18.7. The minimum absolute atomic E-state index is 0.319. The highest BCUT2D eigenvalue weighted by molar-refractivity contribution is 7.81. The normalized spacial score (nSPS) is 12.1. The molecule has 0 fully saturated rings. The van der Waals surface area contributed by atoms with Crippen molar-refractivity contribution in [3.63, 3.8) is 0 Å². The van der Waals surface area contributed by atoms with E-state index in [1.807, 2.05) is 54.6 Å². The Bertz CT molecular complexity index is 773. The number of benzene rings is 3. The molecule has 0 radical (unpaired) electrons. The van der Waals surface area contributed by atoms with Crippen LogP contribution in [0.25, 0.3) is 0 Å². The van der Waals surface area contributed by atoms with E-state index in [0.29, 0.717) is 6.61 Å². The maximum atomic E-state index is 7.02. The molecule has 1 nitrogen and oxygen atoms in total. The van der Waals surface area contributed by atoms with Crippen LogP contribution in [0, 0.1) is 11.8 Å². The van der Waals surface area contributed by atoms with Crippen molar-refractivity contribution < 1.29 is 4.52 Å². The lowest BCUT2D eigenvalue weighted by atomic mass is 9.84. The molecule has 0 N–H and O–H groups in total. The lowest BCUT2D eigenvalue weighted by Gasteiger charge is -2.38. The van der Waals surface area contributed by atoms with Crippen molar-refractivity contribution in [2.45, 2.75) is 12.1 Å². The number of hydrogen-bond acceptors (Lipinski definition) is 1. The molecule has 1 atom stereocenters. The minimum Gasteiger partial charge on any atom is -0.329 e. The van der Waals surface area contributed by atoms with Gasteiger partial charge in [0.25, 0.3) is 0 Å². The zero-order valence-electron chi connectivity index (χ0n) is 14.6.